The van der Waals surface area contributed by atoms with Gasteiger partial charge in [-0.15, -0.1) is 0 Å². The lowest BCUT2D eigenvalue weighted by Gasteiger charge is -2.22. The zero-order chi connectivity index (χ0) is 10.7. The van der Waals surface area contributed by atoms with Crippen LogP contribution in [0.3, 0.4) is 0 Å². The van der Waals surface area contributed by atoms with Crippen molar-refractivity contribution in [3.8, 4) is 0 Å². The first-order valence-electron chi connectivity index (χ1n) is 5.83. The molecule has 1 unspecified atom stereocenters. The van der Waals surface area contributed by atoms with E-state index in [9.17, 15) is 0 Å². The number of nitrogens with two attached hydrogens (primary N) is 1. The maximum Gasteiger partial charge on any atom is 0.115 e. The molecular formula is C12H19N3. The summed E-state index contributed by atoms with van der Waals surface area (Å²) in [5.74, 6) is 0.778. The standard InChI is InChI=1S/C12H19N3/c1-9-4-5-12-10(7-9)11(3-2-6-13)14-8-15-12/h8-9H,2-7,13H2,1H3. The highest BCUT2D eigenvalue weighted by Gasteiger charge is 2.19. The van der Waals surface area contributed by atoms with Crippen molar-refractivity contribution in [3.63, 3.8) is 0 Å². The van der Waals surface area contributed by atoms with E-state index in [1.165, 1.54) is 23.4 Å². The molecule has 0 saturated carbocycles. The predicted molar refractivity (Wildman–Crippen MR) is 60.6 cm³/mol. The maximum atomic E-state index is 5.54. The van der Waals surface area contributed by atoms with E-state index in [2.05, 4.69) is 16.9 Å². The van der Waals surface area contributed by atoms with Gasteiger partial charge >= 0.3 is 0 Å². The van der Waals surface area contributed by atoms with Crippen LogP contribution in [0.25, 0.3) is 0 Å². The molecule has 2 rings (SSSR count). The van der Waals surface area contributed by atoms with Crippen LogP contribution < -0.4 is 5.73 Å². The Balaban J connectivity index is 2.23. The fourth-order valence-corrected chi connectivity index (χ4v) is 2.26. The number of aryl methyl sites for hydroxylation is 2. The van der Waals surface area contributed by atoms with Gasteiger partial charge in [0, 0.05) is 11.4 Å². The minimum Gasteiger partial charge on any atom is -0.330 e. The summed E-state index contributed by atoms with van der Waals surface area (Å²) in [5.41, 5.74) is 9.45. The number of aromatic nitrogens is 2. The third-order valence-electron chi connectivity index (χ3n) is 3.17. The molecule has 2 N–H and O–H groups in total. The Labute approximate surface area is 91.1 Å². The Hall–Kier alpha value is -0.960. The predicted octanol–water partition coefficient (Wildman–Crippen LogP) is 1.49. The van der Waals surface area contributed by atoms with Crippen molar-refractivity contribution >= 4 is 0 Å². The molecule has 0 fully saturated rings. The van der Waals surface area contributed by atoms with Crippen LogP contribution in [-0.2, 0) is 19.3 Å². The normalized spacial score (nSPS) is 20.0. The van der Waals surface area contributed by atoms with Crippen molar-refractivity contribution in [2.45, 2.75) is 39.0 Å². The van der Waals surface area contributed by atoms with Crippen LogP contribution in [0, 0.1) is 5.92 Å². The highest BCUT2D eigenvalue weighted by atomic mass is 14.8. The van der Waals surface area contributed by atoms with Crippen LogP contribution in [0.4, 0.5) is 0 Å². The molecule has 0 aliphatic heterocycles. The molecule has 15 heavy (non-hydrogen) atoms. The van der Waals surface area contributed by atoms with Gasteiger partial charge in [0.25, 0.3) is 0 Å². The monoisotopic (exact) mass is 205 g/mol. The Morgan fingerprint density at radius 3 is 3.13 bits per heavy atom. The average Bonchev–Trinajstić information content (AvgIpc) is 2.26. The van der Waals surface area contributed by atoms with Gasteiger partial charge in [0.15, 0.2) is 0 Å². The zero-order valence-corrected chi connectivity index (χ0v) is 9.37. The molecule has 3 heteroatoms. The second-order valence-corrected chi connectivity index (χ2v) is 4.49. The number of hydrogen-bond acceptors (Lipinski definition) is 3. The summed E-state index contributed by atoms with van der Waals surface area (Å²) in [7, 11) is 0. The summed E-state index contributed by atoms with van der Waals surface area (Å²) < 4.78 is 0. The van der Waals surface area contributed by atoms with Crippen LogP contribution in [0.1, 0.15) is 36.7 Å². The van der Waals surface area contributed by atoms with Crippen LogP contribution in [0.15, 0.2) is 6.33 Å². The topological polar surface area (TPSA) is 51.8 Å². The summed E-state index contributed by atoms with van der Waals surface area (Å²) >= 11 is 0. The molecule has 82 valence electrons. The highest BCUT2D eigenvalue weighted by molar-refractivity contribution is 5.27. The van der Waals surface area contributed by atoms with E-state index in [-0.39, 0.29) is 0 Å². The van der Waals surface area contributed by atoms with E-state index < -0.39 is 0 Å². The fraction of sp³-hybridized carbons (Fsp3) is 0.667. The minimum atomic E-state index is 0.744. The molecule has 0 radical (unpaired) electrons. The van der Waals surface area contributed by atoms with E-state index in [0.717, 1.165) is 38.1 Å². The quantitative estimate of drug-likeness (QED) is 0.813. The lowest BCUT2D eigenvalue weighted by atomic mass is 9.86. The van der Waals surface area contributed by atoms with Gasteiger partial charge in [-0.05, 0) is 50.1 Å². The van der Waals surface area contributed by atoms with Gasteiger partial charge in [-0.3, -0.25) is 0 Å². The van der Waals surface area contributed by atoms with Gasteiger partial charge in [-0.25, -0.2) is 9.97 Å². The first kappa shape index (κ1) is 10.6. The van der Waals surface area contributed by atoms with Gasteiger partial charge in [-0.1, -0.05) is 6.92 Å². The van der Waals surface area contributed by atoms with Gasteiger partial charge in [0.05, 0.1) is 0 Å². The van der Waals surface area contributed by atoms with Crippen molar-refractivity contribution in [2.24, 2.45) is 11.7 Å². The molecule has 1 atom stereocenters. The maximum absolute atomic E-state index is 5.54. The second kappa shape index (κ2) is 4.71. The molecule has 1 aromatic rings. The molecule has 1 aliphatic carbocycles. The molecule has 1 aliphatic rings. The van der Waals surface area contributed by atoms with Gasteiger partial charge in [0.2, 0.25) is 0 Å². The van der Waals surface area contributed by atoms with E-state index in [4.69, 9.17) is 5.73 Å². The average molecular weight is 205 g/mol. The number of hydrogen-bond donors (Lipinski definition) is 1. The van der Waals surface area contributed by atoms with Gasteiger partial charge in [-0.2, -0.15) is 0 Å². The van der Waals surface area contributed by atoms with E-state index >= 15 is 0 Å². The SMILES string of the molecule is CC1CCc2ncnc(CCCN)c2C1. The van der Waals surface area contributed by atoms with Crippen LogP contribution in [0.5, 0.6) is 0 Å². The van der Waals surface area contributed by atoms with E-state index in [0.29, 0.717) is 0 Å². The Morgan fingerprint density at radius 2 is 2.33 bits per heavy atom. The van der Waals surface area contributed by atoms with Crippen LogP contribution >= 0.6 is 0 Å². The summed E-state index contributed by atoms with van der Waals surface area (Å²) in [6.45, 7) is 3.05. The lowest BCUT2D eigenvalue weighted by molar-refractivity contribution is 0.487. The van der Waals surface area contributed by atoms with Crippen molar-refractivity contribution in [2.75, 3.05) is 6.54 Å². The summed E-state index contributed by atoms with van der Waals surface area (Å²) in [6, 6.07) is 0. The van der Waals surface area contributed by atoms with Crippen molar-refractivity contribution < 1.29 is 0 Å². The third kappa shape index (κ3) is 2.34. The Morgan fingerprint density at radius 1 is 1.47 bits per heavy atom. The Kier molecular flexibility index (Phi) is 3.31. The number of fused-ring (bicyclic) bond motifs is 1. The first-order chi connectivity index (χ1) is 7.31. The largest absolute Gasteiger partial charge is 0.330 e. The number of nitrogens with zero attached hydrogens (tertiary/aromatic N) is 2. The molecular weight excluding hydrogens is 186 g/mol. The smallest absolute Gasteiger partial charge is 0.115 e. The van der Waals surface area contributed by atoms with Crippen LogP contribution in [-0.4, -0.2) is 16.5 Å². The molecule has 0 saturated heterocycles. The van der Waals surface area contributed by atoms with Crippen molar-refractivity contribution in [1.82, 2.24) is 9.97 Å². The molecule has 3 nitrogen and oxygen atoms in total. The lowest BCUT2D eigenvalue weighted by Crippen LogP contribution is -2.17. The summed E-state index contributed by atoms with van der Waals surface area (Å²) in [5, 5.41) is 0. The molecule has 1 heterocycles. The second-order valence-electron chi connectivity index (χ2n) is 4.49. The van der Waals surface area contributed by atoms with E-state index in [1.54, 1.807) is 6.33 Å². The Bertz CT molecular complexity index is 336. The fourth-order valence-electron chi connectivity index (χ4n) is 2.26. The molecule has 0 spiro atoms. The highest BCUT2D eigenvalue weighted by Crippen LogP contribution is 2.25. The van der Waals surface area contributed by atoms with Crippen LogP contribution in [0.2, 0.25) is 0 Å². The zero-order valence-electron chi connectivity index (χ0n) is 9.37. The van der Waals surface area contributed by atoms with Gasteiger partial charge < -0.3 is 5.73 Å². The van der Waals surface area contributed by atoms with Crippen molar-refractivity contribution in [3.05, 3.63) is 23.3 Å². The minimum absolute atomic E-state index is 0.744. The summed E-state index contributed by atoms with van der Waals surface area (Å²) in [4.78, 5) is 8.78. The first-order valence-corrected chi connectivity index (χ1v) is 5.83. The molecule has 1 aromatic heterocycles. The van der Waals surface area contributed by atoms with E-state index in [1.807, 2.05) is 0 Å². The van der Waals surface area contributed by atoms with Crippen molar-refractivity contribution in [1.29, 1.82) is 0 Å². The third-order valence-corrected chi connectivity index (χ3v) is 3.17. The molecule has 0 bridgehead atoms. The molecule has 0 amide bonds. The summed E-state index contributed by atoms with van der Waals surface area (Å²) in [6.07, 6.45) is 7.28. The van der Waals surface area contributed by atoms with Gasteiger partial charge in [0.1, 0.15) is 6.33 Å². The molecule has 0 aromatic carbocycles. The number of rotatable bonds is 3.